The Kier molecular flexibility index (Phi) is 5.86. The summed E-state index contributed by atoms with van der Waals surface area (Å²) in [7, 11) is 0. The molecule has 1 aromatic carbocycles. The van der Waals surface area contributed by atoms with Gasteiger partial charge < -0.3 is 10.1 Å². The molecule has 3 nitrogen and oxygen atoms in total. The van der Waals surface area contributed by atoms with Crippen LogP contribution in [0.3, 0.4) is 0 Å². The largest absolute Gasteiger partial charge is 0.490 e. The van der Waals surface area contributed by atoms with Crippen molar-refractivity contribution in [2.24, 2.45) is 0 Å². The van der Waals surface area contributed by atoms with Crippen LogP contribution in [0.5, 0.6) is 5.75 Å². The molecule has 1 heterocycles. The van der Waals surface area contributed by atoms with Crippen LogP contribution >= 0.6 is 34.2 Å². The Morgan fingerprint density at radius 3 is 3.00 bits per heavy atom. The summed E-state index contributed by atoms with van der Waals surface area (Å²) in [6, 6.07) is 6.28. The summed E-state index contributed by atoms with van der Waals surface area (Å²) >= 11 is 8.48. The molecule has 0 unspecified atom stereocenters. The highest BCUT2D eigenvalue weighted by atomic mass is 127. The van der Waals surface area contributed by atoms with E-state index < -0.39 is 0 Å². The molecule has 0 saturated carbocycles. The van der Waals surface area contributed by atoms with E-state index in [1.165, 1.54) is 0 Å². The predicted octanol–water partition coefficient (Wildman–Crippen LogP) is 4.26. The molecule has 108 valence electrons. The van der Waals surface area contributed by atoms with Crippen molar-refractivity contribution in [3.63, 3.8) is 0 Å². The fourth-order valence-corrected chi connectivity index (χ4v) is 3.09. The second kappa shape index (κ2) is 7.43. The minimum atomic E-state index is 0.508. The average Bonchev–Trinajstić information content (AvgIpc) is 2.41. The summed E-state index contributed by atoms with van der Waals surface area (Å²) in [5.74, 6) is 0.829. The second-order valence-corrected chi connectivity index (χ2v) is 6.45. The van der Waals surface area contributed by atoms with Gasteiger partial charge in [0.1, 0.15) is 5.52 Å². The van der Waals surface area contributed by atoms with Gasteiger partial charge in [-0.15, -0.1) is 0 Å². The Morgan fingerprint density at radius 2 is 2.25 bits per heavy atom. The zero-order chi connectivity index (χ0) is 14.5. The van der Waals surface area contributed by atoms with Gasteiger partial charge in [-0.3, -0.25) is 4.98 Å². The average molecular weight is 405 g/mol. The number of halogens is 2. The Balaban J connectivity index is 2.10. The molecule has 0 aliphatic carbocycles. The zero-order valence-corrected chi connectivity index (χ0v) is 14.5. The molecule has 0 amide bonds. The Morgan fingerprint density at radius 1 is 1.45 bits per heavy atom. The first-order valence-electron chi connectivity index (χ1n) is 6.68. The highest BCUT2D eigenvalue weighted by molar-refractivity contribution is 14.1. The van der Waals surface area contributed by atoms with Gasteiger partial charge in [-0.25, -0.2) is 0 Å². The van der Waals surface area contributed by atoms with Gasteiger partial charge in [0.25, 0.3) is 0 Å². The van der Waals surface area contributed by atoms with Crippen LogP contribution in [-0.2, 0) is 0 Å². The predicted molar refractivity (Wildman–Crippen MR) is 92.7 cm³/mol. The summed E-state index contributed by atoms with van der Waals surface area (Å²) in [6.07, 6.45) is 2.73. The van der Waals surface area contributed by atoms with Gasteiger partial charge in [0, 0.05) is 17.6 Å². The Hall–Kier alpha value is -0.590. The number of fused-ring (bicyclic) bond motifs is 1. The molecule has 1 aromatic heterocycles. The van der Waals surface area contributed by atoms with Gasteiger partial charge in [0.05, 0.1) is 15.2 Å². The number of nitrogens with zero attached hydrogens (tertiary/aromatic N) is 1. The molecular weight excluding hydrogens is 387 g/mol. The lowest BCUT2D eigenvalue weighted by atomic mass is 10.2. The maximum absolute atomic E-state index is 6.24. The smallest absolute Gasteiger partial charge is 0.158 e. The molecule has 2 aromatic rings. The summed E-state index contributed by atoms with van der Waals surface area (Å²) in [4.78, 5) is 4.40. The molecule has 0 saturated heterocycles. The molecule has 0 spiro atoms. The molecule has 20 heavy (non-hydrogen) atoms. The van der Waals surface area contributed by atoms with E-state index in [0.29, 0.717) is 17.7 Å². The first-order chi connectivity index (χ1) is 9.59. The lowest BCUT2D eigenvalue weighted by molar-refractivity contribution is 0.307. The Bertz CT molecular complexity index is 589. The Labute approximate surface area is 138 Å². The monoisotopic (exact) mass is 404 g/mol. The molecule has 0 bridgehead atoms. The van der Waals surface area contributed by atoms with E-state index in [2.05, 4.69) is 46.7 Å². The number of pyridine rings is 1. The standard InChI is InChI=1S/C15H18ClIN2O/c1-10(2)18-7-4-8-20-15-13(17)9-12(16)11-5-3-6-19-14(11)15/h3,5-6,9-10,18H,4,7-8H2,1-2H3. The van der Waals surface area contributed by atoms with Crippen molar-refractivity contribution in [3.8, 4) is 5.75 Å². The number of ether oxygens (including phenoxy) is 1. The molecule has 5 heteroatoms. The van der Waals surface area contributed by atoms with Crippen LogP contribution in [-0.4, -0.2) is 24.2 Å². The van der Waals surface area contributed by atoms with Crippen molar-refractivity contribution >= 4 is 45.1 Å². The first-order valence-corrected chi connectivity index (χ1v) is 8.14. The number of hydrogen-bond acceptors (Lipinski definition) is 3. The molecule has 2 rings (SSSR count). The number of nitrogens with one attached hydrogen (secondary N) is 1. The highest BCUT2D eigenvalue weighted by Crippen LogP contribution is 2.34. The lowest BCUT2D eigenvalue weighted by Gasteiger charge is -2.12. The van der Waals surface area contributed by atoms with E-state index >= 15 is 0 Å². The van der Waals surface area contributed by atoms with E-state index in [1.54, 1.807) is 6.20 Å². The topological polar surface area (TPSA) is 34.1 Å². The van der Waals surface area contributed by atoms with E-state index in [1.807, 2.05) is 18.2 Å². The second-order valence-electron chi connectivity index (χ2n) is 4.88. The van der Waals surface area contributed by atoms with Gasteiger partial charge in [0.2, 0.25) is 0 Å². The molecule has 0 aliphatic heterocycles. The minimum Gasteiger partial charge on any atom is -0.490 e. The van der Waals surface area contributed by atoms with Crippen LogP contribution in [0.1, 0.15) is 20.3 Å². The van der Waals surface area contributed by atoms with Crippen molar-refractivity contribution in [1.82, 2.24) is 10.3 Å². The van der Waals surface area contributed by atoms with Crippen molar-refractivity contribution in [2.45, 2.75) is 26.3 Å². The SMILES string of the molecule is CC(C)NCCCOc1c(I)cc(Cl)c2cccnc12. The third-order valence-electron chi connectivity index (χ3n) is 2.87. The molecule has 1 N–H and O–H groups in total. The van der Waals surface area contributed by atoms with E-state index in [4.69, 9.17) is 16.3 Å². The quantitative estimate of drug-likeness (QED) is 0.577. The minimum absolute atomic E-state index is 0.508. The van der Waals surface area contributed by atoms with Crippen LogP contribution in [0.2, 0.25) is 5.02 Å². The van der Waals surface area contributed by atoms with Crippen LogP contribution in [0.15, 0.2) is 24.4 Å². The highest BCUT2D eigenvalue weighted by Gasteiger charge is 2.11. The number of aromatic nitrogens is 1. The summed E-state index contributed by atoms with van der Waals surface area (Å²) in [5.41, 5.74) is 0.834. The van der Waals surface area contributed by atoms with Gasteiger partial charge in [-0.05, 0) is 53.8 Å². The number of benzene rings is 1. The van der Waals surface area contributed by atoms with Crippen LogP contribution in [0.25, 0.3) is 10.9 Å². The van der Waals surface area contributed by atoms with Crippen molar-refractivity contribution in [2.75, 3.05) is 13.2 Å². The molecule has 0 radical (unpaired) electrons. The number of rotatable bonds is 6. The van der Waals surface area contributed by atoms with Gasteiger partial charge in [-0.1, -0.05) is 25.4 Å². The van der Waals surface area contributed by atoms with Gasteiger partial charge >= 0.3 is 0 Å². The third kappa shape index (κ3) is 3.96. The summed E-state index contributed by atoms with van der Waals surface area (Å²) in [5, 5.41) is 5.02. The van der Waals surface area contributed by atoms with Crippen molar-refractivity contribution in [3.05, 3.63) is 33.0 Å². The van der Waals surface area contributed by atoms with Crippen LogP contribution < -0.4 is 10.1 Å². The molecular formula is C15H18ClIN2O. The summed E-state index contributed by atoms with van der Waals surface area (Å²) in [6.45, 7) is 5.90. The van der Waals surface area contributed by atoms with E-state index in [-0.39, 0.29) is 0 Å². The van der Waals surface area contributed by atoms with Crippen LogP contribution in [0, 0.1) is 3.57 Å². The maximum atomic E-state index is 6.24. The lowest BCUT2D eigenvalue weighted by Crippen LogP contribution is -2.24. The van der Waals surface area contributed by atoms with Crippen molar-refractivity contribution in [1.29, 1.82) is 0 Å². The third-order valence-corrected chi connectivity index (χ3v) is 3.98. The molecule has 0 aliphatic rings. The number of hydrogen-bond donors (Lipinski definition) is 1. The zero-order valence-electron chi connectivity index (χ0n) is 11.6. The molecule has 0 atom stereocenters. The normalized spacial score (nSPS) is 11.2. The van der Waals surface area contributed by atoms with Gasteiger partial charge in [0.15, 0.2) is 5.75 Å². The molecule has 0 fully saturated rings. The van der Waals surface area contributed by atoms with Crippen molar-refractivity contribution < 1.29 is 4.74 Å². The fourth-order valence-electron chi connectivity index (χ4n) is 1.92. The summed E-state index contributed by atoms with van der Waals surface area (Å²) < 4.78 is 6.91. The van der Waals surface area contributed by atoms with E-state index in [9.17, 15) is 0 Å². The fraction of sp³-hybridized carbons (Fsp3) is 0.400. The van der Waals surface area contributed by atoms with Crippen LogP contribution in [0.4, 0.5) is 0 Å². The first kappa shape index (κ1) is 15.8. The van der Waals surface area contributed by atoms with E-state index in [0.717, 1.165) is 33.2 Å². The maximum Gasteiger partial charge on any atom is 0.158 e. The van der Waals surface area contributed by atoms with Gasteiger partial charge in [-0.2, -0.15) is 0 Å².